The lowest BCUT2D eigenvalue weighted by atomic mass is 9.81. The number of rotatable bonds is 1. The SMILES string of the molecule is CC(C)(C)CC1CCCN(C(=N)N)C1. The number of nitrogens with one attached hydrogen (secondary N) is 1. The first kappa shape index (κ1) is 11.3. The highest BCUT2D eigenvalue weighted by atomic mass is 15.2. The molecule has 0 saturated carbocycles. The van der Waals surface area contributed by atoms with E-state index in [1.54, 1.807) is 0 Å². The van der Waals surface area contributed by atoms with Crippen LogP contribution in [0.15, 0.2) is 0 Å². The summed E-state index contributed by atoms with van der Waals surface area (Å²) >= 11 is 0. The molecule has 3 heteroatoms. The summed E-state index contributed by atoms with van der Waals surface area (Å²) in [4.78, 5) is 2.00. The van der Waals surface area contributed by atoms with Crippen molar-refractivity contribution in [2.24, 2.45) is 17.1 Å². The predicted molar refractivity (Wildman–Crippen MR) is 60.3 cm³/mol. The average molecular weight is 197 g/mol. The van der Waals surface area contributed by atoms with E-state index < -0.39 is 0 Å². The van der Waals surface area contributed by atoms with Crippen molar-refractivity contribution in [2.75, 3.05) is 13.1 Å². The summed E-state index contributed by atoms with van der Waals surface area (Å²) in [5.41, 5.74) is 5.90. The molecule has 1 fully saturated rings. The maximum absolute atomic E-state index is 7.41. The third-order valence-electron chi connectivity index (χ3n) is 2.76. The van der Waals surface area contributed by atoms with Crippen LogP contribution in [-0.2, 0) is 0 Å². The normalized spacial score (nSPS) is 23.6. The molecule has 82 valence electrons. The van der Waals surface area contributed by atoms with Gasteiger partial charge in [0.15, 0.2) is 5.96 Å². The van der Waals surface area contributed by atoms with Crippen molar-refractivity contribution in [3.8, 4) is 0 Å². The van der Waals surface area contributed by atoms with Crippen molar-refractivity contribution >= 4 is 5.96 Å². The Morgan fingerprint density at radius 3 is 2.64 bits per heavy atom. The van der Waals surface area contributed by atoms with E-state index in [9.17, 15) is 0 Å². The minimum atomic E-state index is 0.239. The summed E-state index contributed by atoms with van der Waals surface area (Å²) in [5.74, 6) is 0.955. The third-order valence-corrected chi connectivity index (χ3v) is 2.76. The molecule has 0 bridgehead atoms. The van der Waals surface area contributed by atoms with Crippen LogP contribution in [0.25, 0.3) is 0 Å². The monoisotopic (exact) mass is 197 g/mol. The first-order chi connectivity index (χ1) is 6.38. The smallest absolute Gasteiger partial charge is 0.188 e. The van der Waals surface area contributed by atoms with Gasteiger partial charge in [-0.25, -0.2) is 0 Å². The van der Waals surface area contributed by atoms with E-state index in [1.165, 1.54) is 19.3 Å². The van der Waals surface area contributed by atoms with Crippen molar-refractivity contribution in [1.29, 1.82) is 5.41 Å². The van der Waals surface area contributed by atoms with E-state index in [2.05, 4.69) is 20.8 Å². The number of likely N-dealkylation sites (tertiary alicyclic amines) is 1. The van der Waals surface area contributed by atoms with E-state index in [0.717, 1.165) is 13.1 Å². The minimum absolute atomic E-state index is 0.239. The van der Waals surface area contributed by atoms with Crippen LogP contribution in [0, 0.1) is 16.7 Å². The molecule has 0 amide bonds. The molecule has 0 aliphatic carbocycles. The highest BCUT2D eigenvalue weighted by Gasteiger charge is 2.24. The van der Waals surface area contributed by atoms with Crippen molar-refractivity contribution in [3.05, 3.63) is 0 Å². The van der Waals surface area contributed by atoms with Crippen molar-refractivity contribution in [2.45, 2.75) is 40.0 Å². The van der Waals surface area contributed by atoms with Crippen LogP contribution in [0.4, 0.5) is 0 Å². The third kappa shape index (κ3) is 3.56. The Labute approximate surface area is 87.2 Å². The quantitative estimate of drug-likeness (QED) is 0.499. The minimum Gasteiger partial charge on any atom is -0.370 e. The van der Waals surface area contributed by atoms with E-state index in [1.807, 2.05) is 4.90 Å². The molecule has 3 N–H and O–H groups in total. The zero-order valence-corrected chi connectivity index (χ0v) is 9.64. The van der Waals surface area contributed by atoms with Crippen LogP contribution in [0.3, 0.4) is 0 Å². The van der Waals surface area contributed by atoms with Crippen molar-refractivity contribution < 1.29 is 0 Å². The van der Waals surface area contributed by atoms with Gasteiger partial charge in [-0.1, -0.05) is 20.8 Å². The van der Waals surface area contributed by atoms with Gasteiger partial charge in [0.25, 0.3) is 0 Å². The van der Waals surface area contributed by atoms with Crippen LogP contribution in [0.2, 0.25) is 0 Å². The lowest BCUT2D eigenvalue weighted by molar-refractivity contribution is 0.193. The first-order valence-electron chi connectivity index (χ1n) is 5.47. The second kappa shape index (κ2) is 4.20. The van der Waals surface area contributed by atoms with Crippen molar-refractivity contribution in [1.82, 2.24) is 4.90 Å². The Kier molecular flexibility index (Phi) is 3.40. The van der Waals surface area contributed by atoms with Gasteiger partial charge < -0.3 is 10.6 Å². The molecule has 3 nitrogen and oxygen atoms in total. The number of guanidine groups is 1. The Hall–Kier alpha value is -0.730. The van der Waals surface area contributed by atoms with Gasteiger partial charge in [-0.3, -0.25) is 5.41 Å². The van der Waals surface area contributed by atoms with E-state index in [4.69, 9.17) is 11.1 Å². The van der Waals surface area contributed by atoms with Gasteiger partial charge >= 0.3 is 0 Å². The molecule has 1 heterocycles. The Morgan fingerprint density at radius 1 is 1.50 bits per heavy atom. The molecule has 0 radical (unpaired) electrons. The van der Waals surface area contributed by atoms with Gasteiger partial charge in [0.05, 0.1) is 0 Å². The summed E-state index contributed by atoms with van der Waals surface area (Å²) < 4.78 is 0. The topological polar surface area (TPSA) is 53.1 Å². The van der Waals surface area contributed by atoms with Crippen LogP contribution in [-0.4, -0.2) is 23.9 Å². The molecule has 1 aliphatic heterocycles. The second-order valence-electron chi connectivity index (χ2n) is 5.60. The zero-order valence-electron chi connectivity index (χ0n) is 9.64. The summed E-state index contributed by atoms with van der Waals surface area (Å²) in [6.45, 7) is 8.78. The Morgan fingerprint density at radius 2 is 2.14 bits per heavy atom. The predicted octanol–water partition coefficient (Wildman–Crippen LogP) is 2.03. The fourth-order valence-corrected chi connectivity index (χ4v) is 2.32. The van der Waals surface area contributed by atoms with Gasteiger partial charge in [0, 0.05) is 13.1 Å². The molecule has 14 heavy (non-hydrogen) atoms. The number of piperidine rings is 1. The fraction of sp³-hybridized carbons (Fsp3) is 0.909. The van der Waals surface area contributed by atoms with Gasteiger partial charge in [-0.15, -0.1) is 0 Å². The summed E-state index contributed by atoms with van der Waals surface area (Å²) in [7, 11) is 0. The molecule has 0 aromatic rings. The number of nitrogens with two attached hydrogens (primary N) is 1. The van der Waals surface area contributed by atoms with Gasteiger partial charge in [-0.2, -0.15) is 0 Å². The van der Waals surface area contributed by atoms with Crippen LogP contribution < -0.4 is 5.73 Å². The number of hydrogen-bond acceptors (Lipinski definition) is 1. The summed E-state index contributed by atoms with van der Waals surface area (Å²) in [5, 5.41) is 7.41. The van der Waals surface area contributed by atoms with Crippen LogP contribution >= 0.6 is 0 Å². The molecule has 1 saturated heterocycles. The molecule has 1 aliphatic rings. The molecular weight excluding hydrogens is 174 g/mol. The molecular formula is C11H23N3. The standard InChI is InChI=1S/C11H23N3/c1-11(2,3)7-9-5-4-6-14(8-9)10(12)13/h9H,4-8H2,1-3H3,(H3,12,13). The fourth-order valence-electron chi connectivity index (χ4n) is 2.32. The average Bonchev–Trinajstić information content (AvgIpc) is 2.01. The highest BCUT2D eigenvalue weighted by molar-refractivity contribution is 5.74. The Balaban J connectivity index is 2.44. The summed E-state index contributed by atoms with van der Waals surface area (Å²) in [6.07, 6.45) is 3.71. The zero-order chi connectivity index (χ0) is 10.8. The Bertz CT molecular complexity index is 205. The number of nitrogens with zero attached hydrogens (tertiary/aromatic N) is 1. The van der Waals surface area contributed by atoms with E-state index in [-0.39, 0.29) is 5.96 Å². The second-order valence-corrected chi connectivity index (χ2v) is 5.60. The van der Waals surface area contributed by atoms with E-state index >= 15 is 0 Å². The maximum Gasteiger partial charge on any atom is 0.188 e. The lowest BCUT2D eigenvalue weighted by Gasteiger charge is -2.35. The molecule has 0 aromatic carbocycles. The van der Waals surface area contributed by atoms with Crippen LogP contribution in [0.1, 0.15) is 40.0 Å². The maximum atomic E-state index is 7.41. The molecule has 1 atom stereocenters. The van der Waals surface area contributed by atoms with E-state index in [0.29, 0.717) is 11.3 Å². The molecule has 0 spiro atoms. The number of hydrogen-bond donors (Lipinski definition) is 2. The lowest BCUT2D eigenvalue weighted by Crippen LogP contribution is -2.44. The van der Waals surface area contributed by atoms with Gasteiger partial charge in [0.2, 0.25) is 0 Å². The molecule has 1 unspecified atom stereocenters. The van der Waals surface area contributed by atoms with Crippen molar-refractivity contribution in [3.63, 3.8) is 0 Å². The summed E-state index contributed by atoms with van der Waals surface area (Å²) in [6, 6.07) is 0. The largest absolute Gasteiger partial charge is 0.370 e. The van der Waals surface area contributed by atoms with Gasteiger partial charge in [-0.05, 0) is 30.6 Å². The van der Waals surface area contributed by atoms with Gasteiger partial charge in [0.1, 0.15) is 0 Å². The first-order valence-corrected chi connectivity index (χ1v) is 5.47. The molecule has 0 aromatic heterocycles. The highest BCUT2D eigenvalue weighted by Crippen LogP contribution is 2.29. The molecule has 1 rings (SSSR count). The van der Waals surface area contributed by atoms with Crippen LogP contribution in [0.5, 0.6) is 0 Å².